The number of hydrazine groups is 1. The number of anilines is 1. The standard InChI is InChI=1S/C16H16F2N2O3/c1-2-22-16(21)20(19)13-5-7-14(8-6-13)23-10-11-3-4-12(17)9-15(11)18/h3-9H,2,10,19H2,1H3. The van der Waals surface area contributed by atoms with Crippen LogP contribution in [0.3, 0.4) is 0 Å². The molecule has 7 heteroatoms. The number of halogens is 2. The number of hydrogen-bond acceptors (Lipinski definition) is 4. The Kier molecular flexibility index (Phi) is 5.48. The minimum Gasteiger partial charge on any atom is -0.489 e. The summed E-state index contributed by atoms with van der Waals surface area (Å²) in [5.41, 5.74) is 0.659. The van der Waals surface area contributed by atoms with Crippen molar-refractivity contribution < 1.29 is 23.0 Å². The Labute approximate surface area is 132 Å². The van der Waals surface area contributed by atoms with Crippen molar-refractivity contribution >= 4 is 11.8 Å². The molecule has 0 aromatic heterocycles. The van der Waals surface area contributed by atoms with E-state index in [1.165, 1.54) is 6.07 Å². The van der Waals surface area contributed by atoms with Gasteiger partial charge in [0, 0.05) is 11.6 Å². The van der Waals surface area contributed by atoms with Crippen LogP contribution in [0.2, 0.25) is 0 Å². The first-order chi connectivity index (χ1) is 11.0. The van der Waals surface area contributed by atoms with Gasteiger partial charge in [-0.15, -0.1) is 0 Å². The van der Waals surface area contributed by atoms with E-state index in [0.717, 1.165) is 17.1 Å². The molecule has 0 fully saturated rings. The van der Waals surface area contributed by atoms with E-state index in [9.17, 15) is 13.6 Å². The normalized spacial score (nSPS) is 10.3. The molecular weight excluding hydrogens is 306 g/mol. The lowest BCUT2D eigenvalue weighted by molar-refractivity contribution is 0.160. The molecule has 0 unspecified atom stereocenters. The maximum atomic E-state index is 13.5. The zero-order chi connectivity index (χ0) is 16.8. The van der Waals surface area contributed by atoms with E-state index in [1.807, 2.05) is 0 Å². The number of carbonyl (C=O) groups excluding carboxylic acids is 1. The van der Waals surface area contributed by atoms with Crippen molar-refractivity contribution in [3.05, 3.63) is 59.7 Å². The van der Waals surface area contributed by atoms with Crippen LogP contribution < -0.4 is 15.6 Å². The van der Waals surface area contributed by atoms with Gasteiger partial charge < -0.3 is 9.47 Å². The van der Waals surface area contributed by atoms with Crippen LogP contribution in [-0.4, -0.2) is 12.7 Å². The molecule has 5 nitrogen and oxygen atoms in total. The first-order valence-electron chi connectivity index (χ1n) is 6.89. The maximum Gasteiger partial charge on any atom is 0.428 e. The van der Waals surface area contributed by atoms with Crippen molar-refractivity contribution in [2.45, 2.75) is 13.5 Å². The molecule has 2 rings (SSSR count). The molecule has 0 bridgehead atoms. The topological polar surface area (TPSA) is 64.8 Å². The van der Waals surface area contributed by atoms with Gasteiger partial charge in [0.15, 0.2) is 0 Å². The quantitative estimate of drug-likeness (QED) is 0.521. The number of hydrogen-bond donors (Lipinski definition) is 1. The Morgan fingerprint density at radius 2 is 1.87 bits per heavy atom. The second kappa shape index (κ2) is 7.55. The predicted octanol–water partition coefficient (Wildman–Crippen LogP) is 3.38. The van der Waals surface area contributed by atoms with Gasteiger partial charge in [0.1, 0.15) is 24.0 Å². The first kappa shape index (κ1) is 16.7. The summed E-state index contributed by atoms with van der Waals surface area (Å²) >= 11 is 0. The SMILES string of the molecule is CCOC(=O)N(N)c1ccc(OCc2ccc(F)cc2F)cc1. The third-order valence-electron chi connectivity index (χ3n) is 2.99. The highest BCUT2D eigenvalue weighted by Gasteiger charge is 2.12. The van der Waals surface area contributed by atoms with Gasteiger partial charge in [-0.1, -0.05) is 0 Å². The van der Waals surface area contributed by atoms with E-state index >= 15 is 0 Å². The lowest BCUT2D eigenvalue weighted by Gasteiger charge is -2.16. The van der Waals surface area contributed by atoms with Crippen LogP contribution in [0.4, 0.5) is 19.3 Å². The van der Waals surface area contributed by atoms with Gasteiger partial charge in [-0.25, -0.2) is 24.4 Å². The zero-order valence-electron chi connectivity index (χ0n) is 12.5. The van der Waals surface area contributed by atoms with Gasteiger partial charge in [0.25, 0.3) is 0 Å². The molecule has 0 saturated heterocycles. The van der Waals surface area contributed by atoms with Gasteiger partial charge in [-0.2, -0.15) is 0 Å². The fraction of sp³-hybridized carbons (Fsp3) is 0.188. The summed E-state index contributed by atoms with van der Waals surface area (Å²) in [4.78, 5) is 11.5. The lowest BCUT2D eigenvalue weighted by Crippen LogP contribution is -2.37. The lowest BCUT2D eigenvalue weighted by atomic mass is 10.2. The van der Waals surface area contributed by atoms with E-state index in [-0.39, 0.29) is 18.8 Å². The highest BCUT2D eigenvalue weighted by Crippen LogP contribution is 2.20. The average molecular weight is 322 g/mol. The number of nitrogens with two attached hydrogens (primary N) is 1. The number of ether oxygens (including phenoxy) is 2. The molecule has 0 aliphatic carbocycles. The fourth-order valence-electron chi connectivity index (χ4n) is 1.80. The summed E-state index contributed by atoms with van der Waals surface area (Å²) in [6.07, 6.45) is -0.672. The van der Waals surface area contributed by atoms with E-state index in [4.69, 9.17) is 15.3 Å². The molecule has 0 aliphatic rings. The van der Waals surface area contributed by atoms with E-state index in [1.54, 1.807) is 31.2 Å². The van der Waals surface area contributed by atoms with Crippen LogP contribution in [0.1, 0.15) is 12.5 Å². The number of benzene rings is 2. The second-order valence-corrected chi connectivity index (χ2v) is 4.59. The third kappa shape index (κ3) is 4.40. The van der Waals surface area contributed by atoms with E-state index in [0.29, 0.717) is 11.4 Å². The van der Waals surface area contributed by atoms with E-state index in [2.05, 4.69) is 0 Å². The van der Waals surface area contributed by atoms with Crippen molar-refractivity contribution in [1.29, 1.82) is 0 Å². The molecule has 2 aromatic rings. The third-order valence-corrected chi connectivity index (χ3v) is 2.99. The molecule has 23 heavy (non-hydrogen) atoms. The molecule has 0 radical (unpaired) electrons. The Balaban J connectivity index is 1.98. The number of nitrogens with zero attached hydrogens (tertiary/aromatic N) is 1. The predicted molar refractivity (Wildman–Crippen MR) is 80.8 cm³/mol. The Hall–Kier alpha value is -2.67. The first-order valence-corrected chi connectivity index (χ1v) is 6.89. The van der Waals surface area contributed by atoms with Crippen molar-refractivity contribution in [3.8, 4) is 5.75 Å². The summed E-state index contributed by atoms with van der Waals surface area (Å²) in [6, 6.07) is 9.57. The highest BCUT2D eigenvalue weighted by atomic mass is 19.1. The fourth-order valence-corrected chi connectivity index (χ4v) is 1.80. The Bertz CT molecular complexity index is 678. The molecule has 122 valence electrons. The molecular formula is C16H16F2N2O3. The number of amides is 1. The minimum atomic E-state index is -0.672. The average Bonchev–Trinajstić information content (AvgIpc) is 2.54. The van der Waals surface area contributed by atoms with Crippen LogP contribution >= 0.6 is 0 Å². The van der Waals surface area contributed by atoms with Crippen LogP contribution in [0.25, 0.3) is 0 Å². The van der Waals surface area contributed by atoms with Crippen molar-refractivity contribution in [3.63, 3.8) is 0 Å². The van der Waals surface area contributed by atoms with Gasteiger partial charge in [0.2, 0.25) is 0 Å². The van der Waals surface area contributed by atoms with Crippen LogP contribution in [-0.2, 0) is 11.3 Å². The van der Waals surface area contributed by atoms with Crippen molar-refractivity contribution in [2.75, 3.05) is 11.6 Å². The monoisotopic (exact) mass is 322 g/mol. The molecule has 0 heterocycles. The number of carbonyl (C=O) groups is 1. The second-order valence-electron chi connectivity index (χ2n) is 4.59. The molecule has 0 saturated carbocycles. The largest absolute Gasteiger partial charge is 0.489 e. The van der Waals surface area contributed by atoms with Gasteiger partial charge in [-0.3, -0.25) is 0 Å². The van der Waals surface area contributed by atoms with Crippen molar-refractivity contribution in [2.24, 2.45) is 5.84 Å². The minimum absolute atomic E-state index is 0.0460. The molecule has 2 aromatic carbocycles. The molecule has 1 amide bonds. The van der Waals surface area contributed by atoms with Gasteiger partial charge in [-0.05, 0) is 43.3 Å². The summed E-state index contributed by atoms with van der Waals surface area (Å²) < 4.78 is 36.5. The zero-order valence-corrected chi connectivity index (χ0v) is 12.5. The summed E-state index contributed by atoms with van der Waals surface area (Å²) in [5, 5.41) is 0.868. The van der Waals surface area contributed by atoms with Gasteiger partial charge in [0.05, 0.1) is 12.3 Å². The molecule has 0 spiro atoms. The molecule has 0 atom stereocenters. The Morgan fingerprint density at radius 1 is 1.17 bits per heavy atom. The van der Waals surface area contributed by atoms with Crippen molar-refractivity contribution in [1.82, 2.24) is 0 Å². The molecule has 0 aliphatic heterocycles. The highest BCUT2D eigenvalue weighted by molar-refractivity contribution is 5.86. The Morgan fingerprint density at radius 3 is 2.48 bits per heavy atom. The van der Waals surface area contributed by atoms with Crippen LogP contribution in [0.15, 0.2) is 42.5 Å². The van der Waals surface area contributed by atoms with E-state index < -0.39 is 17.7 Å². The summed E-state index contributed by atoms with van der Waals surface area (Å²) in [6.45, 7) is 1.85. The maximum absolute atomic E-state index is 13.5. The smallest absolute Gasteiger partial charge is 0.428 e. The van der Waals surface area contributed by atoms with Gasteiger partial charge >= 0.3 is 6.09 Å². The summed E-state index contributed by atoms with van der Waals surface area (Å²) in [5.74, 6) is 4.75. The van der Waals surface area contributed by atoms with Crippen LogP contribution in [0.5, 0.6) is 5.75 Å². The summed E-state index contributed by atoms with van der Waals surface area (Å²) in [7, 11) is 0. The number of rotatable bonds is 5. The molecule has 2 N–H and O–H groups in total. The van der Waals surface area contributed by atoms with Crippen LogP contribution in [0, 0.1) is 11.6 Å².